The van der Waals surface area contributed by atoms with Gasteiger partial charge in [0.15, 0.2) is 10.8 Å². The molecule has 4 nitrogen and oxygen atoms in total. The van der Waals surface area contributed by atoms with Crippen molar-refractivity contribution < 1.29 is 0 Å². The minimum atomic E-state index is -0.270. The molecule has 2 aromatic rings. The molecule has 0 radical (unpaired) electrons. The molecule has 0 fully saturated rings. The first-order valence-corrected chi connectivity index (χ1v) is 6.45. The van der Waals surface area contributed by atoms with E-state index in [2.05, 4.69) is 16.3 Å². The van der Waals surface area contributed by atoms with Crippen LogP contribution in [0.2, 0.25) is 0 Å². The molecule has 2 heterocycles. The normalized spacial score (nSPS) is 11.6. The van der Waals surface area contributed by atoms with Crippen LogP contribution in [-0.4, -0.2) is 20.4 Å². The summed E-state index contributed by atoms with van der Waals surface area (Å²) in [4.78, 5) is 0. The highest BCUT2D eigenvalue weighted by atomic mass is 32.2. The van der Waals surface area contributed by atoms with E-state index in [9.17, 15) is 0 Å². The van der Waals surface area contributed by atoms with Gasteiger partial charge in [0.1, 0.15) is 0 Å². The summed E-state index contributed by atoms with van der Waals surface area (Å²) in [5, 5.41) is 18.0. The molecule has 0 spiro atoms. The maximum atomic E-state index is 8.93. The largest absolute Gasteiger partial charge is 0.277 e. The maximum absolute atomic E-state index is 8.93. The number of thioether (sulfide) groups is 1. The summed E-state index contributed by atoms with van der Waals surface area (Å²) in [6, 6.07) is 8.13. The van der Waals surface area contributed by atoms with Gasteiger partial charge in [-0.3, -0.25) is 4.40 Å². The molecule has 0 atom stereocenters. The summed E-state index contributed by atoms with van der Waals surface area (Å²) in [5.74, 6) is 0.871. The van der Waals surface area contributed by atoms with E-state index in [0.29, 0.717) is 0 Å². The topological polar surface area (TPSA) is 54.0 Å². The van der Waals surface area contributed by atoms with E-state index in [-0.39, 0.29) is 5.41 Å². The van der Waals surface area contributed by atoms with Gasteiger partial charge in [0, 0.05) is 11.9 Å². The van der Waals surface area contributed by atoms with Crippen LogP contribution in [0.5, 0.6) is 0 Å². The molecule has 5 heteroatoms. The SMILES string of the molecule is CC(C)(C#N)CCSc1nnc2ccccn12. The number of hydrogen-bond donors (Lipinski definition) is 0. The Bertz CT molecular complexity index is 553. The first-order chi connectivity index (χ1) is 8.12. The van der Waals surface area contributed by atoms with Crippen LogP contribution in [0.3, 0.4) is 0 Å². The third kappa shape index (κ3) is 2.77. The second kappa shape index (κ2) is 4.76. The second-order valence-corrected chi connectivity index (χ2v) is 5.57. The van der Waals surface area contributed by atoms with Crippen molar-refractivity contribution in [1.29, 1.82) is 5.26 Å². The van der Waals surface area contributed by atoms with Crippen LogP contribution >= 0.6 is 11.8 Å². The van der Waals surface area contributed by atoms with E-state index in [0.717, 1.165) is 23.0 Å². The quantitative estimate of drug-likeness (QED) is 0.778. The molecule has 2 rings (SSSR count). The maximum Gasteiger partial charge on any atom is 0.195 e. The van der Waals surface area contributed by atoms with Crippen LogP contribution in [0.15, 0.2) is 29.6 Å². The zero-order valence-corrected chi connectivity index (χ0v) is 10.7. The van der Waals surface area contributed by atoms with Crippen molar-refractivity contribution in [3.05, 3.63) is 24.4 Å². The van der Waals surface area contributed by atoms with Crippen LogP contribution in [-0.2, 0) is 0 Å². The van der Waals surface area contributed by atoms with Crippen molar-refractivity contribution in [2.75, 3.05) is 5.75 Å². The fourth-order valence-electron chi connectivity index (χ4n) is 1.37. The minimum Gasteiger partial charge on any atom is -0.277 e. The molecule has 0 aliphatic rings. The number of hydrogen-bond acceptors (Lipinski definition) is 4. The van der Waals surface area contributed by atoms with Gasteiger partial charge < -0.3 is 0 Å². The fourth-order valence-corrected chi connectivity index (χ4v) is 2.56. The lowest BCUT2D eigenvalue weighted by atomic mass is 9.93. The van der Waals surface area contributed by atoms with Gasteiger partial charge in [-0.15, -0.1) is 10.2 Å². The Morgan fingerprint density at radius 1 is 1.41 bits per heavy atom. The van der Waals surface area contributed by atoms with E-state index in [4.69, 9.17) is 5.26 Å². The zero-order valence-electron chi connectivity index (χ0n) is 9.92. The lowest BCUT2D eigenvalue weighted by Crippen LogP contribution is -2.08. The molecule has 0 amide bonds. The summed E-state index contributed by atoms with van der Waals surface area (Å²) in [6.07, 6.45) is 2.79. The number of nitriles is 1. The summed E-state index contributed by atoms with van der Waals surface area (Å²) in [5.41, 5.74) is 0.586. The Morgan fingerprint density at radius 2 is 2.24 bits per heavy atom. The molecule has 0 bridgehead atoms. The molecule has 0 saturated heterocycles. The van der Waals surface area contributed by atoms with Crippen molar-refractivity contribution in [2.45, 2.75) is 25.4 Å². The number of fused-ring (bicyclic) bond motifs is 1. The average molecular weight is 246 g/mol. The zero-order chi connectivity index (χ0) is 12.3. The molecule has 0 aliphatic heterocycles. The van der Waals surface area contributed by atoms with Crippen LogP contribution in [0.1, 0.15) is 20.3 Å². The highest BCUT2D eigenvalue weighted by molar-refractivity contribution is 7.99. The lowest BCUT2D eigenvalue weighted by Gasteiger charge is -2.13. The van der Waals surface area contributed by atoms with Crippen LogP contribution in [0.25, 0.3) is 5.65 Å². The van der Waals surface area contributed by atoms with Gasteiger partial charge in [-0.25, -0.2) is 0 Å². The highest BCUT2D eigenvalue weighted by Crippen LogP contribution is 2.25. The lowest BCUT2D eigenvalue weighted by molar-refractivity contribution is 0.482. The monoisotopic (exact) mass is 246 g/mol. The van der Waals surface area contributed by atoms with Crippen molar-refractivity contribution in [3.8, 4) is 6.07 Å². The van der Waals surface area contributed by atoms with Crippen molar-refractivity contribution in [2.24, 2.45) is 5.41 Å². The number of aromatic nitrogens is 3. The Kier molecular flexibility index (Phi) is 3.34. The van der Waals surface area contributed by atoms with Gasteiger partial charge in [-0.05, 0) is 32.4 Å². The Balaban J connectivity index is 2.03. The first-order valence-electron chi connectivity index (χ1n) is 5.46. The third-order valence-corrected chi connectivity index (χ3v) is 3.49. The van der Waals surface area contributed by atoms with Gasteiger partial charge in [-0.2, -0.15) is 5.26 Å². The third-order valence-electron chi connectivity index (χ3n) is 2.54. The van der Waals surface area contributed by atoms with E-state index in [1.807, 2.05) is 42.6 Å². The summed E-state index contributed by atoms with van der Waals surface area (Å²) >= 11 is 1.64. The molecule has 0 saturated carbocycles. The average Bonchev–Trinajstić information content (AvgIpc) is 2.73. The van der Waals surface area contributed by atoms with E-state index >= 15 is 0 Å². The van der Waals surface area contributed by atoms with Crippen molar-refractivity contribution >= 4 is 17.4 Å². The Hall–Kier alpha value is -1.54. The molecule has 0 aliphatic carbocycles. The molecule has 0 aromatic carbocycles. The van der Waals surface area contributed by atoms with Crippen LogP contribution in [0.4, 0.5) is 0 Å². The smallest absolute Gasteiger partial charge is 0.195 e. The summed E-state index contributed by atoms with van der Waals surface area (Å²) < 4.78 is 1.96. The van der Waals surface area contributed by atoms with Gasteiger partial charge in [0.05, 0.1) is 11.5 Å². The Morgan fingerprint density at radius 3 is 3.00 bits per heavy atom. The van der Waals surface area contributed by atoms with Gasteiger partial charge in [0.2, 0.25) is 0 Å². The number of nitrogens with zero attached hydrogens (tertiary/aromatic N) is 4. The van der Waals surface area contributed by atoms with E-state index in [1.165, 1.54) is 0 Å². The van der Waals surface area contributed by atoms with Crippen LogP contribution < -0.4 is 0 Å². The standard InChI is InChI=1S/C12H14N4S/c1-12(2,9-13)6-8-17-11-15-14-10-5-3-4-7-16(10)11/h3-5,7H,6,8H2,1-2H3. The molecule has 88 valence electrons. The minimum absolute atomic E-state index is 0.270. The number of pyridine rings is 1. The molecule has 0 N–H and O–H groups in total. The van der Waals surface area contributed by atoms with E-state index in [1.54, 1.807) is 11.8 Å². The summed E-state index contributed by atoms with van der Waals surface area (Å²) in [7, 11) is 0. The summed E-state index contributed by atoms with van der Waals surface area (Å²) in [6.45, 7) is 3.91. The van der Waals surface area contributed by atoms with Gasteiger partial charge in [-0.1, -0.05) is 17.8 Å². The fraction of sp³-hybridized carbons (Fsp3) is 0.417. The molecular formula is C12H14N4S. The van der Waals surface area contributed by atoms with Gasteiger partial charge >= 0.3 is 0 Å². The molecule has 0 unspecified atom stereocenters. The number of rotatable bonds is 4. The molecular weight excluding hydrogens is 232 g/mol. The van der Waals surface area contributed by atoms with E-state index < -0.39 is 0 Å². The van der Waals surface area contributed by atoms with Crippen molar-refractivity contribution in [3.63, 3.8) is 0 Å². The van der Waals surface area contributed by atoms with Crippen molar-refractivity contribution in [1.82, 2.24) is 14.6 Å². The van der Waals surface area contributed by atoms with Crippen LogP contribution in [0, 0.1) is 16.7 Å². The second-order valence-electron chi connectivity index (χ2n) is 4.51. The predicted octanol–water partition coefficient (Wildman–Crippen LogP) is 2.76. The molecule has 17 heavy (non-hydrogen) atoms. The predicted molar refractivity (Wildman–Crippen MR) is 67.7 cm³/mol. The first kappa shape index (κ1) is 11.9. The highest BCUT2D eigenvalue weighted by Gasteiger charge is 2.16. The molecule has 2 aromatic heterocycles. The van der Waals surface area contributed by atoms with Gasteiger partial charge in [0.25, 0.3) is 0 Å². The Labute approximate surface area is 105 Å².